The van der Waals surface area contributed by atoms with Crippen LogP contribution in [0.3, 0.4) is 0 Å². The molecule has 1 aromatic carbocycles. The van der Waals surface area contributed by atoms with Crippen molar-refractivity contribution in [1.29, 1.82) is 0 Å². The number of likely N-dealkylation sites (tertiary alicyclic amines) is 1. The fourth-order valence-electron chi connectivity index (χ4n) is 3.94. The van der Waals surface area contributed by atoms with Gasteiger partial charge in [0.1, 0.15) is 0 Å². The van der Waals surface area contributed by atoms with Crippen molar-refractivity contribution in [2.45, 2.75) is 39.7 Å². The Kier molecular flexibility index (Phi) is 11.8. The predicted molar refractivity (Wildman–Crippen MR) is 137 cm³/mol. The average Bonchev–Trinajstić information content (AvgIpc) is 2.77. The topological polar surface area (TPSA) is 52.1 Å². The lowest BCUT2D eigenvalue weighted by atomic mass is 9.99. The molecular weight excluding hydrogens is 489 g/mol. The van der Waals surface area contributed by atoms with Crippen LogP contribution in [0.4, 0.5) is 5.69 Å². The van der Waals surface area contributed by atoms with Gasteiger partial charge in [-0.15, -0.1) is 24.0 Å². The number of benzene rings is 1. The first-order chi connectivity index (χ1) is 14.2. The van der Waals surface area contributed by atoms with E-state index in [-0.39, 0.29) is 24.0 Å². The van der Waals surface area contributed by atoms with Crippen LogP contribution in [-0.2, 0) is 11.3 Å². The number of ether oxygens (including phenoxy) is 1. The number of aliphatic imine (C=N–C) groups is 1. The molecule has 0 aromatic heterocycles. The summed E-state index contributed by atoms with van der Waals surface area (Å²) < 4.78 is 5.44. The fraction of sp³-hybridized carbons (Fsp3) is 0.696. The van der Waals surface area contributed by atoms with Gasteiger partial charge in [-0.1, -0.05) is 19.1 Å². The van der Waals surface area contributed by atoms with Crippen LogP contribution in [0.15, 0.2) is 29.3 Å². The van der Waals surface area contributed by atoms with E-state index in [1.165, 1.54) is 43.7 Å². The zero-order valence-corrected chi connectivity index (χ0v) is 21.1. The maximum Gasteiger partial charge on any atom is 0.191 e. The molecule has 2 aliphatic rings. The van der Waals surface area contributed by atoms with Gasteiger partial charge in [0.25, 0.3) is 0 Å². The molecule has 0 atom stereocenters. The molecule has 1 aromatic rings. The van der Waals surface area contributed by atoms with E-state index in [1.54, 1.807) is 0 Å². The molecule has 2 heterocycles. The van der Waals surface area contributed by atoms with E-state index in [2.05, 4.69) is 58.5 Å². The third kappa shape index (κ3) is 8.59. The van der Waals surface area contributed by atoms with Crippen molar-refractivity contribution in [3.63, 3.8) is 0 Å². The summed E-state index contributed by atoms with van der Waals surface area (Å²) in [7, 11) is 0. The highest BCUT2D eigenvalue weighted by molar-refractivity contribution is 14.0. The summed E-state index contributed by atoms with van der Waals surface area (Å²) in [6.07, 6.45) is 3.86. The van der Waals surface area contributed by atoms with Crippen LogP contribution in [-0.4, -0.2) is 69.9 Å². The van der Waals surface area contributed by atoms with Crippen molar-refractivity contribution in [3.8, 4) is 0 Å². The van der Waals surface area contributed by atoms with Gasteiger partial charge in [-0.05, 0) is 69.4 Å². The minimum Gasteiger partial charge on any atom is -0.378 e. The standard InChI is InChI=1S/C23H39N5O.HI/c1-3-24-23(25-11-4-12-27-13-9-20(2)10-14-27)26-19-21-5-7-22(8-6-21)28-15-17-29-18-16-28;/h5-8,20H,3-4,9-19H2,1-2H3,(H2,24,25,26);1H. The summed E-state index contributed by atoms with van der Waals surface area (Å²) >= 11 is 0. The quantitative estimate of drug-likeness (QED) is 0.234. The van der Waals surface area contributed by atoms with E-state index >= 15 is 0 Å². The molecule has 2 aliphatic heterocycles. The third-order valence-corrected chi connectivity index (χ3v) is 5.90. The maximum absolute atomic E-state index is 5.44. The first-order valence-electron chi connectivity index (χ1n) is 11.4. The second-order valence-electron chi connectivity index (χ2n) is 8.27. The summed E-state index contributed by atoms with van der Waals surface area (Å²) in [6, 6.07) is 8.79. The normalized spacial score (nSPS) is 18.7. The van der Waals surface area contributed by atoms with E-state index in [0.29, 0.717) is 6.54 Å². The van der Waals surface area contributed by atoms with Crippen LogP contribution in [0.1, 0.15) is 38.7 Å². The summed E-state index contributed by atoms with van der Waals surface area (Å²) in [4.78, 5) is 9.75. The monoisotopic (exact) mass is 529 g/mol. The van der Waals surface area contributed by atoms with Crippen molar-refractivity contribution in [3.05, 3.63) is 29.8 Å². The molecule has 0 saturated carbocycles. The molecule has 0 amide bonds. The molecule has 0 bridgehead atoms. The summed E-state index contributed by atoms with van der Waals surface area (Å²) in [5.74, 6) is 1.82. The van der Waals surface area contributed by atoms with Crippen LogP contribution < -0.4 is 15.5 Å². The number of nitrogens with one attached hydrogen (secondary N) is 2. The SMILES string of the molecule is CCNC(=NCc1ccc(N2CCOCC2)cc1)NCCCN1CCC(C)CC1.I. The van der Waals surface area contributed by atoms with Gasteiger partial charge in [0.15, 0.2) is 5.96 Å². The zero-order valence-electron chi connectivity index (χ0n) is 18.7. The van der Waals surface area contributed by atoms with Gasteiger partial charge >= 0.3 is 0 Å². The Bertz CT molecular complexity index is 611. The largest absolute Gasteiger partial charge is 0.378 e. The highest BCUT2D eigenvalue weighted by Crippen LogP contribution is 2.17. The second kappa shape index (κ2) is 14.1. The van der Waals surface area contributed by atoms with Gasteiger partial charge in [-0.2, -0.15) is 0 Å². The molecule has 7 heteroatoms. The fourth-order valence-corrected chi connectivity index (χ4v) is 3.94. The average molecular weight is 530 g/mol. The van der Waals surface area contributed by atoms with Crippen LogP contribution in [0.25, 0.3) is 0 Å². The minimum atomic E-state index is 0. The second-order valence-corrected chi connectivity index (χ2v) is 8.27. The number of nitrogens with zero attached hydrogens (tertiary/aromatic N) is 3. The molecule has 2 N–H and O–H groups in total. The molecular formula is C23H40IN5O. The molecule has 0 spiro atoms. The predicted octanol–water partition coefficient (Wildman–Crippen LogP) is 3.32. The zero-order chi connectivity index (χ0) is 20.3. The number of piperidine rings is 1. The first-order valence-corrected chi connectivity index (χ1v) is 11.4. The summed E-state index contributed by atoms with van der Waals surface area (Å²) in [5, 5.41) is 6.86. The minimum absolute atomic E-state index is 0. The Hall–Kier alpha value is -1.06. The molecule has 0 aliphatic carbocycles. The molecule has 0 unspecified atom stereocenters. The first kappa shape index (κ1) is 25.2. The Balaban J connectivity index is 0.00000320. The van der Waals surface area contributed by atoms with Crippen LogP contribution in [0, 0.1) is 5.92 Å². The van der Waals surface area contributed by atoms with E-state index in [4.69, 9.17) is 9.73 Å². The van der Waals surface area contributed by atoms with Crippen LogP contribution >= 0.6 is 24.0 Å². The Morgan fingerprint density at radius 3 is 2.43 bits per heavy atom. The lowest BCUT2D eigenvalue weighted by Crippen LogP contribution is -2.39. The van der Waals surface area contributed by atoms with Gasteiger partial charge in [0.2, 0.25) is 0 Å². The molecule has 3 rings (SSSR count). The van der Waals surface area contributed by atoms with Crippen LogP contribution in [0.2, 0.25) is 0 Å². The maximum atomic E-state index is 5.44. The van der Waals surface area contributed by atoms with E-state index in [1.807, 2.05) is 0 Å². The van der Waals surface area contributed by atoms with E-state index in [0.717, 1.165) is 57.7 Å². The summed E-state index contributed by atoms with van der Waals surface area (Å²) in [6.45, 7) is 14.3. The van der Waals surface area contributed by atoms with Gasteiger partial charge in [0.05, 0.1) is 19.8 Å². The molecule has 2 saturated heterocycles. The highest BCUT2D eigenvalue weighted by atomic mass is 127. The number of anilines is 1. The Labute approximate surface area is 199 Å². The molecule has 30 heavy (non-hydrogen) atoms. The number of hydrogen-bond acceptors (Lipinski definition) is 4. The lowest BCUT2D eigenvalue weighted by Gasteiger charge is -2.30. The highest BCUT2D eigenvalue weighted by Gasteiger charge is 2.14. The van der Waals surface area contributed by atoms with Crippen molar-refractivity contribution < 1.29 is 4.74 Å². The molecule has 0 radical (unpaired) electrons. The lowest BCUT2D eigenvalue weighted by molar-refractivity contribution is 0.122. The van der Waals surface area contributed by atoms with E-state index in [9.17, 15) is 0 Å². The van der Waals surface area contributed by atoms with Crippen LogP contribution in [0.5, 0.6) is 0 Å². The number of hydrogen-bond donors (Lipinski definition) is 2. The number of guanidine groups is 1. The smallest absolute Gasteiger partial charge is 0.191 e. The van der Waals surface area contributed by atoms with Crippen molar-refractivity contribution in [1.82, 2.24) is 15.5 Å². The van der Waals surface area contributed by atoms with Gasteiger partial charge < -0.3 is 25.2 Å². The molecule has 170 valence electrons. The Morgan fingerprint density at radius 2 is 1.77 bits per heavy atom. The number of morpholine rings is 1. The van der Waals surface area contributed by atoms with Gasteiger partial charge in [-0.3, -0.25) is 0 Å². The van der Waals surface area contributed by atoms with Crippen molar-refractivity contribution in [2.24, 2.45) is 10.9 Å². The number of rotatable bonds is 8. The third-order valence-electron chi connectivity index (χ3n) is 5.90. The summed E-state index contributed by atoms with van der Waals surface area (Å²) in [5.41, 5.74) is 2.51. The Morgan fingerprint density at radius 1 is 1.07 bits per heavy atom. The number of halogens is 1. The molecule has 2 fully saturated rings. The van der Waals surface area contributed by atoms with Crippen molar-refractivity contribution >= 4 is 35.6 Å². The molecule has 6 nitrogen and oxygen atoms in total. The van der Waals surface area contributed by atoms with Gasteiger partial charge in [-0.25, -0.2) is 4.99 Å². The van der Waals surface area contributed by atoms with Crippen molar-refractivity contribution in [2.75, 3.05) is 63.9 Å². The van der Waals surface area contributed by atoms with E-state index < -0.39 is 0 Å². The van der Waals surface area contributed by atoms with Gasteiger partial charge in [0, 0.05) is 31.9 Å².